The lowest BCUT2D eigenvalue weighted by Crippen LogP contribution is -2.14. The zero-order valence-corrected chi connectivity index (χ0v) is 28.2. The highest BCUT2D eigenvalue weighted by molar-refractivity contribution is 6.18. The molecule has 0 saturated carbocycles. The van der Waals surface area contributed by atoms with Crippen molar-refractivity contribution in [1.29, 1.82) is 0 Å². The average Bonchev–Trinajstić information content (AvgIpc) is 3.62. The van der Waals surface area contributed by atoms with Gasteiger partial charge in [0.25, 0.3) is 0 Å². The molecule has 1 heteroatoms. The zero-order chi connectivity index (χ0) is 33.4. The molecule has 236 valence electrons. The Balaban J connectivity index is 1.15. The molecule has 50 heavy (non-hydrogen) atoms. The van der Waals surface area contributed by atoms with Gasteiger partial charge in [0.05, 0.1) is 11.0 Å². The third-order valence-electron chi connectivity index (χ3n) is 10.9. The fourth-order valence-electron chi connectivity index (χ4n) is 8.44. The van der Waals surface area contributed by atoms with Crippen LogP contribution in [0.1, 0.15) is 25.0 Å². The summed E-state index contributed by atoms with van der Waals surface area (Å²) >= 11 is 0. The third kappa shape index (κ3) is 4.33. The van der Waals surface area contributed by atoms with Crippen LogP contribution in [-0.2, 0) is 5.41 Å². The van der Waals surface area contributed by atoms with Gasteiger partial charge in [0, 0.05) is 21.9 Å². The van der Waals surface area contributed by atoms with Gasteiger partial charge in [0.1, 0.15) is 0 Å². The van der Waals surface area contributed by atoms with Gasteiger partial charge in [-0.3, -0.25) is 0 Å². The minimum atomic E-state index is -0.0827. The summed E-state index contributed by atoms with van der Waals surface area (Å²) in [7, 11) is 0. The van der Waals surface area contributed by atoms with Crippen LogP contribution in [0.25, 0.3) is 82.8 Å². The summed E-state index contributed by atoms with van der Waals surface area (Å²) in [5.74, 6) is 0. The maximum atomic E-state index is 2.45. The second-order valence-electron chi connectivity index (χ2n) is 14.2. The molecule has 0 aliphatic heterocycles. The first-order chi connectivity index (χ1) is 24.5. The standard InChI is InChI=1S/C49H35N/c1-49(2)43-25-26-46-48(47(43)42-30-35-17-9-10-18-36(35)31-44(42)49)41-19-11-12-20-45(41)50(46)40-23-21-34(22-24-40)39-28-37(32-13-5-3-6-14-32)27-38(29-39)33-15-7-4-8-16-33/h3-31H,1-2H3. The monoisotopic (exact) mass is 637 g/mol. The van der Waals surface area contributed by atoms with Gasteiger partial charge in [0.2, 0.25) is 0 Å². The number of hydrogen-bond acceptors (Lipinski definition) is 0. The summed E-state index contributed by atoms with van der Waals surface area (Å²) in [5, 5.41) is 5.23. The lowest BCUT2D eigenvalue weighted by atomic mass is 9.81. The Bertz CT molecular complexity index is 2690. The molecular formula is C49H35N. The molecule has 0 spiro atoms. The summed E-state index contributed by atoms with van der Waals surface area (Å²) in [6.45, 7) is 4.76. The van der Waals surface area contributed by atoms with Gasteiger partial charge in [-0.05, 0) is 121 Å². The normalized spacial score (nSPS) is 13.2. The molecule has 8 aromatic carbocycles. The lowest BCUT2D eigenvalue weighted by Gasteiger charge is -2.22. The van der Waals surface area contributed by atoms with Crippen LogP contribution in [0.3, 0.4) is 0 Å². The van der Waals surface area contributed by atoms with Crippen molar-refractivity contribution < 1.29 is 0 Å². The number of nitrogens with zero attached hydrogens (tertiary/aromatic N) is 1. The van der Waals surface area contributed by atoms with E-state index in [1.807, 2.05) is 0 Å². The molecule has 0 N–H and O–H groups in total. The number of fused-ring (bicyclic) bond motifs is 8. The summed E-state index contributed by atoms with van der Waals surface area (Å²) in [5.41, 5.74) is 16.4. The van der Waals surface area contributed by atoms with Crippen LogP contribution in [0.5, 0.6) is 0 Å². The van der Waals surface area contributed by atoms with Crippen LogP contribution in [0.15, 0.2) is 176 Å². The molecule has 0 bridgehead atoms. The van der Waals surface area contributed by atoms with Gasteiger partial charge in [-0.2, -0.15) is 0 Å². The Morgan fingerprint density at radius 3 is 1.58 bits per heavy atom. The third-order valence-corrected chi connectivity index (χ3v) is 10.9. The molecule has 10 rings (SSSR count). The van der Waals surface area contributed by atoms with E-state index in [0.717, 1.165) is 0 Å². The van der Waals surface area contributed by atoms with E-state index in [1.165, 1.54) is 93.9 Å². The van der Waals surface area contributed by atoms with Gasteiger partial charge >= 0.3 is 0 Å². The average molecular weight is 638 g/mol. The van der Waals surface area contributed by atoms with Crippen molar-refractivity contribution in [1.82, 2.24) is 4.57 Å². The smallest absolute Gasteiger partial charge is 0.0547 e. The molecule has 0 unspecified atom stereocenters. The second-order valence-corrected chi connectivity index (χ2v) is 14.2. The zero-order valence-electron chi connectivity index (χ0n) is 28.2. The van der Waals surface area contributed by atoms with E-state index in [-0.39, 0.29) is 5.41 Å². The van der Waals surface area contributed by atoms with Gasteiger partial charge in [0.15, 0.2) is 0 Å². The van der Waals surface area contributed by atoms with E-state index in [0.29, 0.717) is 0 Å². The Morgan fingerprint density at radius 2 is 0.940 bits per heavy atom. The number of hydrogen-bond donors (Lipinski definition) is 0. The molecule has 1 nitrogen and oxygen atoms in total. The summed E-state index contributed by atoms with van der Waals surface area (Å²) < 4.78 is 2.45. The minimum absolute atomic E-state index is 0.0827. The van der Waals surface area contributed by atoms with Crippen LogP contribution in [0.4, 0.5) is 0 Å². The summed E-state index contributed by atoms with van der Waals surface area (Å²) in [6, 6.07) is 64.7. The molecule has 1 aliphatic carbocycles. The molecule has 0 radical (unpaired) electrons. The first-order valence-electron chi connectivity index (χ1n) is 17.5. The number of benzene rings is 8. The molecule has 0 atom stereocenters. The molecule has 1 aliphatic rings. The van der Waals surface area contributed by atoms with Crippen LogP contribution in [0.2, 0.25) is 0 Å². The van der Waals surface area contributed by atoms with Crippen LogP contribution >= 0.6 is 0 Å². The van der Waals surface area contributed by atoms with Crippen molar-refractivity contribution in [3.63, 3.8) is 0 Å². The quantitative estimate of drug-likeness (QED) is 0.181. The minimum Gasteiger partial charge on any atom is -0.309 e. The topological polar surface area (TPSA) is 4.93 Å². The Kier molecular flexibility index (Phi) is 6.29. The van der Waals surface area contributed by atoms with Crippen LogP contribution in [-0.4, -0.2) is 4.57 Å². The fourth-order valence-corrected chi connectivity index (χ4v) is 8.44. The maximum Gasteiger partial charge on any atom is 0.0547 e. The maximum absolute atomic E-state index is 2.45. The predicted molar refractivity (Wildman–Crippen MR) is 212 cm³/mol. The highest BCUT2D eigenvalue weighted by atomic mass is 15.0. The number of para-hydroxylation sites is 1. The van der Waals surface area contributed by atoms with Crippen LogP contribution in [0, 0.1) is 0 Å². The lowest BCUT2D eigenvalue weighted by molar-refractivity contribution is 0.661. The molecule has 1 heterocycles. The van der Waals surface area contributed by atoms with Crippen molar-refractivity contribution >= 4 is 32.6 Å². The van der Waals surface area contributed by atoms with E-state index in [1.54, 1.807) is 0 Å². The van der Waals surface area contributed by atoms with Crippen molar-refractivity contribution in [3.8, 4) is 50.2 Å². The number of rotatable bonds is 4. The SMILES string of the molecule is CC1(C)c2cc3ccccc3cc2-c2c1ccc1c2c2ccccc2n1-c1ccc(-c2cc(-c3ccccc3)cc(-c3ccccc3)c2)cc1. The molecule has 0 amide bonds. The fraction of sp³-hybridized carbons (Fsp3) is 0.0612. The Morgan fingerprint density at radius 1 is 0.400 bits per heavy atom. The van der Waals surface area contributed by atoms with Gasteiger partial charge < -0.3 is 4.57 Å². The van der Waals surface area contributed by atoms with Crippen molar-refractivity contribution in [2.45, 2.75) is 19.3 Å². The first kappa shape index (κ1) is 28.8. The van der Waals surface area contributed by atoms with Crippen LogP contribution < -0.4 is 0 Å². The van der Waals surface area contributed by atoms with Gasteiger partial charge in [-0.15, -0.1) is 0 Å². The van der Waals surface area contributed by atoms with Crippen molar-refractivity contribution in [2.24, 2.45) is 0 Å². The summed E-state index contributed by atoms with van der Waals surface area (Å²) in [4.78, 5) is 0. The van der Waals surface area contributed by atoms with Gasteiger partial charge in [-0.25, -0.2) is 0 Å². The van der Waals surface area contributed by atoms with Gasteiger partial charge in [-0.1, -0.05) is 135 Å². The number of aromatic nitrogens is 1. The van der Waals surface area contributed by atoms with E-state index in [4.69, 9.17) is 0 Å². The molecular weight excluding hydrogens is 603 g/mol. The van der Waals surface area contributed by atoms with E-state index in [9.17, 15) is 0 Å². The molecule has 0 saturated heterocycles. The summed E-state index contributed by atoms with van der Waals surface area (Å²) in [6.07, 6.45) is 0. The van der Waals surface area contributed by atoms with Crippen molar-refractivity contribution in [2.75, 3.05) is 0 Å². The Hall–Kier alpha value is -6.18. The molecule has 1 aromatic heterocycles. The highest BCUT2D eigenvalue weighted by Crippen LogP contribution is 2.54. The van der Waals surface area contributed by atoms with Crippen molar-refractivity contribution in [3.05, 3.63) is 187 Å². The molecule has 9 aromatic rings. The molecule has 0 fully saturated rings. The first-order valence-corrected chi connectivity index (χ1v) is 17.5. The van der Waals surface area contributed by atoms with E-state index >= 15 is 0 Å². The second kappa shape index (κ2) is 10.9. The Labute approximate surface area is 292 Å². The highest BCUT2D eigenvalue weighted by Gasteiger charge is 2.37. The van der Waals surface area contributed by atoms with E-state index in [2.05, 4.69) is 194 Å². The van der Waals surface area contributed by atoms with E-state index < -0.39 is 0 Å². The largest absolute Gasteiger partial charge is 0.309 e. The predicted octanol–water partition coefficient (Wildman–Crippen LogP) is 13.2.